The molecule has 0 saturated carbocycles. The van der Waals surface area contributed by atoms with Gasteiger partial charge in [-0.1, -0.05) is 29.8 Å². The number of para-hydroxylation sites is 1. The average molecular weight is 438 g/mol. The van der Waals surface area contributed by atoms with E-state index in [1.165, 1.54) is 16.6 Å². The number of benzene rings is 1. The van der Waals surface area contributed by atoms with Gasteiger partial charge in [0.1, 0.15) is 22.4 Å². The fourth-order valence-corrected chi connectivity index (χ4v) is 5.18. The van der Waals surface area contributed by atoms with Crippen LogP contribution in [0.1, 0.15) is 12.8 Å². The van der Waals surface area contributed by atoms with Crippen molar-refractivity contribution in [3.63, 3.8) is 0 Å². The molecular formula is C20H24ClN3O4S. The first-order valence-corrected chi connectivity index (χ1v) is 11.2. The molecule has 0 bridgehead atoms. The molecule has 1 saturated heterocycles. The molecule has 1 aliphatic heterocycles. The summed E-state index contributed by atoms with van der Waals surface area (Å²) in [5, 5.41) is -0.0381. The van der Waals surface area contributed by atoms with Gasteiger partial charge in [-0.15, -0.1) is 0 Å². The summed E-state index contributed by atoms with van der Waals surface area (Å²) in [6.45, 7) is 1.42. The summed E-state index contributed by atoms with van der Waals surface area (Å²) in [4.78, 5) is 18.2. The van der Waals surface area contributed by atoms with Gasteiger partial charge in [0.15, 0.2) is 0 Å². The highest BCUT2D eigenvalue weighted by Crippen LogP contribution is 2.27. The molecule has 7 nitrogen and oxygen atoms in total. The second-order valence-corrected chi connectivity index (χ2v) is 9.16. The number of nitrogens with zero attached hydrogens (tertiary/aromatic N) is 3. The molecule has 0 radical (unpaired) electrons. The second-order valence-electron chi connectivity index (χ2n) is 6.89. The maximum atomic E-state index is 12.8. The Hall–Kier alpha value is -2.16. The second kappa shape index (κ2) is 9.56. The van der Waals surface area contributed by atoms with Gasteiger partial charge in [-0.05, 0) is 37.1 Å². The SMILES string of the molecule is CN(CCOc1ccccc1)C(=O)C1CCN(S(=O)(=O)c2cccnc2Cl)CC1. The third kappa shape index (κ3) is 5.26. The van der Waals surface area contributed by atoms with Crippen molar-refractivity contribution in [3.05, 3.63) is 53.8 Å². The molecular weight excluding hydrogens is 414 g/mol. The molecule has 3 rings (SSSR count). The van der Waals surface area contributed by atoms with E-state index in [9.17, 15) is 13.2 Å². The van der Waals surface area contributed by atoms with E-state index in [1.807, 2.05) is 30.3 Å². The molecule has 1 aliphatic rings. The number of ether oxygens (including phenoxy) is 1. The third-order valence-corrected chi connectivity index (χ3v) is 7.30. The van der Waals surface area contributed by atoms with Crippen molar-refractivity contribution in [2.75, 3.05) is 33.3 Å². The molecule has 1 fully saturated rings. The summed E-state index contributed by atoms with van der Waals surface area (Å²) in [5.41, 5.74) is 0. The van der Waals surface area contributed by atoms with Gasteiger partial charge in [-0.3, -0.25) is 4.79 Å². The molecule has 0 unspecified atom stereocenters. The van der Waals surface area contributed by atoms with Gasteiger partial charge in [0.25, 0.3) is 0 Å². The number of rotatable bonds is 7. The summed E-state index contributed by atoms with van der Waals surface area (Å²) in [6, 6.07) is 12.4. The minimum absolute atomic E-state index is 0.00150. The van der Waals surface area contributed by atoms with E-state index < -0.39 is 10.0 Å². The molecule has 1 aromatic carbocycles. The topological polar surface area (TPSA) is 79.8 Å². The number of piperidine rings is 1. The zero-order valence-corrected chi connectivity index (χ0v) is 17.8. The molecule has 0 atom stereocenters. The number of pyridine rings is 1. The first-order chi connectivity index (χ1) is 13.9. The van der Waals surface area contributed by atoms with Gasteiger partial charge >= 0.3 is 0 Å². The Morgan fingerprint density at radius 3 is 2.55 bits per heavy atom. The van der Waals surface area contributed by atoms with Crippen molar-refractivity contribution >= 4 is 27.5 Å². The van der Waals surface area contributed by atoms with Crippen LogP contribution in [-0.4, -0.2) is 61.8 Å². The summed E-state index contributed by atoms with van der Waals surface area (Å²) in [7, 11) is -1.97. The highest BCUT2D eigenvalue weighted by molar-refractivity contribution is 7.89. The van der Waals surface area contributed by atoms with Gasteiger partial charge in [0, 0.05) is 32.3 Å². The van der Waals surface area contributed by atoms with Crippen LogP contribution in [0.2, 0.25) is 5.15 Å². The van der Waals surface area contributed by atoms with Crippen LogP contribution in [0.25, 0.3) is 0 Å². The van der Waals surface area contributed by atoms with E-state index in [2.05, 4.69) is 4.98 Å². The first-order valence-electron chi connectivity index (χ1n) is 9.43. The van der Waals surface area contributed by atoms with Crippen LogP contribution >= 0.6 is 11.6 Å². The number of likely N-dealkylation sites (N-methyl/N-ethyl adjacent to an activating group) is 1. The van der Waals surface area contributed by atoms with Crippen LogP contribution in [0.3, 0.4) is 0 Å². The molecule has 1 amide bonds. The van der Waals surface area contributed by atoms with E-state index in [-0.39, 0.29) is 35.0 Å². The summed E-state index contributed by atoms with van der Waals surface area (Å²) >= 11 is 5.95. The monoisotopic (exact) mass is 437 g/mol. The Bertz CT molecular complexity index is 932. The number of hydrogen-bond donors (Lipinski definition) is 0. The average Bonchev–Trinajstić information content (AvgIpc) is 2.74. The lowest BCUT2D eigenvalue weighted by molar-refractivity contribution is -0.135. The van der Waals surface area contributed by atoms with Crippen molar-refractivity contribution in [1.29, 1.82) is 0 Å². The smallest absolute Gasteiger partial charge is 0.246 e. The number of carbonyl (C=O) groups excluding carboxylic acids is 1. The molecule has 29 heavy (non-hydrogen) atoms. The van der Waals surface area contributed by atoms with Gasteiger partial charge in [0.2, 0.25) is 15.9 Å². The van der Waals surface area contributed by atoms with Crippen molar-refractivity contribution in [3.8, 4) is 5.75 Å². The number of carbonyl (C=O) groups is 1. The standard InChI is InChI=1S/C20H24ClN3O4S/c1-23(14-15-28-17-6-3-2-4-7-17)20(25)16-9-12-24(13-10-16)29(26,27)18-8-5-11-22-19(18)21/h2-8,11,16H,9-10,12-15H2,1H3. The Morgan fingerprint density at radius 2 is 1.90 bits per heavy atom. The number of amides is 1. The fourth-order valence-electron chi connectivity index (χ4n) is 3.28. The zero-order chi connectivity index (χ0) is 20.9. The van der Waals surface area contributed by atoms with Crippen molar-refractivity contribution in [2.24, 2.45) is 5.92 Å². The number of aromatic nitrogens is 1. The molecule has 1 aromatic heterocycles. The Balaban J connectivity index is 1.50. The van der Waals surface area contributed by atoms with Crippen molar-refractivity contribution < 1.29 is 17.9 Å². The van der Waals surface area contributed by atoms with Gasteiger partial charge in [0.05, 0.1) is 6.54 Å². The molecule has 156 valence electrons. The van der Waals surface area contributed by atoms with Crippen LogP contribution < -0.4 is 4.74 Å². The molecule has 0 N–H and O–H groups in total. The third-order valence-electron chi connectivity index (χ3n) is 4.96. The van der Waals surface area contributed by atoms with E-state index in [1.54, 1.807) is 18.0 Å². The first kappa shape index (κ1) is 21.5. The predicted octanol–water partition coefficient (Wildman–Crippen LogP) is 2.67. The zero-order valence-electron chi connectivity index (χ0n) is 16.2. The molecule has 0 spiro atoms. The fraction of sp³-hybridized carbons (Fsp3) is 0.400. The summed E-state index contributed by atoms with van der Waals surface area (Å²) < 4.78 is 32.6. The number of hydrogen-bond acceptors (Lipinski definition) is 5. The lowest BCUT2D eigenvalue weighted by Gasteiger charge is -2.32. The molecule has 9 heteroatoms. The lowest BCUT2D eigenvalue weighted by Crippen LogP contribution is -2.44. The molecule has 2 heterocycles. The molecule has 0 aliphatic carbocycles. The minimum atomic E-state index is -3.71. The minimum Gasteiger partial charge on any atom is -0.492 e. The van der Waals surface area contributed by atoms with E-state index in [4.69, 9.17) is 16.3 Å². The van der Waals surface area contributed by atoms with Gasteiger partial charge in [-0.25, -0.2) is 13.4 Å². The van der Waals surface area contributed by atoms with Crippen LogP contribution in [0.5, 0.6) is 5.75 Å². The maximum absolute atomic E-state index is 12.8. The summed E-state index contributed by atoms with van der Waals surface area (Å²) in [5.74, 6) is 0.576. The Kier molecular flexibility index (Phi) is 7.10. The largest absolute Gasteiger partial charge is 0.492 e. The summed E-state index contributed by atoms with van der Waals surface area (Å²) in [6.07, 6.45) is 2.39. The van der Waals surface area contributed by atoms with Crippen LogP contribution in [0, 0.1) is 5.92 Å². The van der Waals surface area contributed by atoms with E-state index in [0.717, 1.165) is 5.75 Å². The normalized spacial score (nSPS) is 15.8. The molecule has 2 aromatic rings. The van der Waals surface area contributed by atoms with E-state index >= 15 is 0 Å². The Labute approximate surface area is 176 Å². The Morgan fingerprint density at radius 1 is 1.21 bits per heavy atom. The highest BCUT2D eigenvalue weighted by Gasteiger charge is 2.34. The maximum Gasteiger partial charge on any atom is 0.246 e. The quantitative estimate of drug-likeness (QED) is 0.622. The number of halogens is 1. The predicted molar refractivity (Wildman–Crippen MR) is 110 cm³/mol. The van der Waals surface area contributed by atoms with Gasteiger partial charge in [-0.2, -0.15) is 4.31 Å². The van der Waals surface area contributed by atoms with Gasteiger partial charge < -0.3 is 9.64 Å². The van der Waals surface area contributed by atoms with E-state index in [0.29, 0.717) is 26.0 Å². The highest BCUT2D eigenvalue weighted by atomic mass is 35.5. The van der Waals surface area contributed by atoms with Crippen molar-refractivity contribution in [1.82, 2.24) is 14.2 Å². The van der Waals surface area contributed by atoms with Crippen LogP contribution in [0.4, 0.5) is 0 Å². The number of sulfonamides is 1. The van der Waals surface area contributed by atoms with Crippen LogP contribution in [0.15, 0.2) is 53.6 Å². The van der Waals surface area contributed by atoms with Crippen molar-refractivity contribution in [2.45, 2.75) is 17.7 Å². The lowest BCUT2D eigenvalue weighted by atomic mass is 9.97. The van der Waals surface area contributed by atoms with Crippen LogP contribution in [-0.2, 0) is 14.8 Å².